The Balaban J connectivity index is 2.60. The van der Waals surface area contributed by atoms with E-state index in [2.05, 4.69) is 6.58 Å². The van der Waals surface area contributed by atoms with Gasteiger partial charge in [-0.1, -0.05) is 6.58 Å². The minimum atomic E-state index is -0.502. The summed E-state index contributed by atoms with van der Waals surface area (Å²) in [6.45, 7) is 5.45. The van der Waals surface area contributed by atoms with Gasteiger partial charge in [-0.05, 0) is 18.6 Å². The van der Waals surface area contributed by atoms with Crippen molar-refractivity contribution in [3.8, 4) is 0 Å². The maximum absolute atomic E-state index is 11.5. The predicted molar refractivity (Wildman–Crippen MR) is 57.0 cm³/mol. The number of cyclic esters (lactones) is 1. The lowest BCUT2D eigenvalue weighted by Crippen LogP contribution is -2.23. The summed E-state index contributed by atoms with van der Waals surface area (Å²) in [6, 6.07) is 4.03. The molecule has 0 bridgehead atoms. The van der Waals surface area contributed by atoms with Gasteiger partial charge in [0.2, 0.25) is 0 Å². The van der Waals surface area contributed by atoms with Gasteiger partial charge in [-0.3, -0.25) is 10.1 Å². The number of nitrogens with zero attached hydrogens (tertiary/aromatic N) is 1. The van der Waals surface area contributed by atoms with Crippen molar-refractivity contribution in [2.24, 2.45) is 0 Å². The molecule has 1 aliphatic heterocycles. The molecule has 1 aliphatic rings. The molecule has 82 valence electrons. The van der Waals surface area contributed by atoms with Gasteiger partial charge in [0.15, 0.2) is 0 Å². The summed E-state index contributed by atoms with van der Waals surface area (Å²) in [5, 5.41) is 10.6. The minimum Gasteiger partial charge on any atom is -0.454 e. The van der Waals surface area contributed by atoms with Crippen LogP contribution in [0.3, 0.4) is 0 Å². The molecule has 1 atom stereocenters. The Morgan fingerprint density at radius 3 is 2.75 bits per heavy atom. The molecule has 1 aromatic rings. The van der Waals surface area contributed by atoms with Gasteiger partial charge in [0.05, 0.1) is 10.5 Å². The van der Waals surface area contributed by atoms with Crippen molar-refractivity contribution in [3.05, 3.63) is 46.0 Å². The summed E-state index contributed by atoms with van der Waals surface area (Å²) in [5.74, 6) is -0.468. The third-order valence-corrected chi connectivity index (χ3v) is 2.55. The monoisotopic (exact) mass is 219 g/mol. The van der Waals surface area contributed by atoms with Crippen molar-refractivity contribution in [1.29, 1.82) is 0 Å². The Labute approximate surface area is 91.5 Å². The largest absolute Gasteiger partial charge is 0.454 e. The quantitative estimate of drug-likeness (QED) is 0.412. The summed E-state index contributed by atoms with van der Waals surface area (Å²) >= 11 is 0. The highest BCUT2D eigenvalue weighted by Gasteiger charge is 2.28. The molecule has 0 aromatic heterocycles. The van der Waals surface area contributed by atoms with E-state index in [-0.39, 0.29) is 5.69 Å². The van der Waals surface area contributed by atoms with E-state index in [0.717, 1.165) is 0 Å². The topological polar surface area (TPSA) is 69.4 Å². The zero-order valence-corrected chi connectivity index (χ0v) is 8.60. The SMILES string of the molecule is C=C1c2cc([N+](=O)[O-])ccc2C(=O)OC1C. The van der Waals surface area contributed by atoms with Crippen LogP contribution in [0.15, 0.2) is 24.8 Å². The van der Waals surface area contributed by atoms with E-state index < -0.39 is 17.0 Å². The molecule has 0 saturated heterocycles. The number of esters is 1. The average molecular weight is 219 g/mol. The van der Waals surface area contributed by atoms with E-state index in [1.165, 1.54) is 18.2 Å². The first-order valence-corrected chi connectivity index (χ1v) is 4.69. The molecule has 0 aliphatic carbocycles. The standard InChI is InChI=1S/C11H9NO4/c1-6-7(2)16-11(13)9-4-3-8(12(14)15)5-10(6)9/h3-5,7H,1H2,2H3. The van der Waals surface area contributed by atoms with Crippen LogP contribution in [0, 0.1) is 10.1 Å². The lowest BCUT2D eigenvalue weighted by molar-refractivity contribution is -0.384. The lowest BCUT2D eigenvalue weighted by Gasteiger charge is -2.23. The van der Waals surface area contributed by atoms with Crippen molar-refractivity contribution in [3.63, 3.8) is 0 Å². The summed E-state index contributed by atoms with van der Waals surface area (Å²) < 4.78 is 5.02. The van der Waals surface area contributed by atoms with E-state index in [1.54, 1.807) is 6.92 Å². The Bertz CT molecular complexity index is 507. The van der Waals surface area contributed by atoms with Gasteiger partial charge in [0, 0.05) is 17.7 Å². The normalized spacial score (nSPS) is 18.9. The van der Waals surface area contributed by atoms with Crippen LogP contribution < -0.4 is 0 Å². The zero-order chi connectivity index (χ0) is 11.9. The fourth-order valence-corrected chi connectivity index (χ4v) is 1.60. The van der Waals surface area contributed by atoms with Gasteiger partial charge in [-0.2, -0.15) is 0 Å². The molecular formula is C11H9NO4. The first kappa shape index (κ1) is 10.4. The number of nitro benzene ring substituents is 1. The van der Waals surface area contributed by atoms with Crippen molar-refractivity contribution >= 4 is 17.2 Å². The number of hydrogen-bond acceptors (Lipinski definition) is 4. The molecule has 1 aromatic carbocycles. The molecule has 2 rings (SSSR count). The number of carbonyl (C=O) groups excluding carboxylic acids is 1. The summed E-state index contributed by atoms with van der Waals surface area (Å²) in [6.07, 6.45) is -0.443. The third-order valence-electron chi connectivity index (χ3n) is 2.55. The molecule has 1 unspecified atom stereocenters. The fourth-order valence-electron chi connectivity index (χ4n) is 1.60. The van der Waals surface area contributed by atoms with Crippen LogP contribution in [0.2, 0.25) is 0 Å². The highest BCUT2D eigenvalue weighted by atomic mass is 16.6. The Hall–Kier alpha value is -2.17. The fraction of sp³-hybridized carbons (Fsp3) is 0.182. The van der Waals surface area contributed by atoms with Crippen molar-refractivity contribution in [2.75, 3.05) is 0 Å². The second kappa shape index (κ2) is 3.44. The van der Waals surface area contributed by atoms with E-state index in [0.29, 0.717) is 16.7 Å². The van der Waals surface area contributed by atoms with Gasteiger partial charge in [0.1, 0.15) is 6.10 Å². The average Bonchev–Trinajstić information content (AvgIpc) is 2.25. The Morgan fingerprint density at radius 2 is 2.12 bits per heavy atom. The highest BCUT2D eigenvalue weighted by Crippen LogP contribution is 2.31. The van der Waals surface area contributed by atoms with Crippen LogP contribution in [0.1, 0.15) is 22.8 Å². The molecular weight excluding hydrogens is 210 g/mol. The number of nitro groups is 1. The molecule has 5 heteroatoms. The number of rotatable bonds is 1. The summed E-state index contributed by atoms with van der Waals surface area (Å²) in [7, 11) is 0. The first-order valence-electron chi connectivity index (χ1n) is 4.69. The molecule has 0 N–H and O–H groups in total. The molecule has 5 nitrogen and oxygen atoms in total. The van der Waals surface area contributed by atoms with Crippen LogP contribution >= 0.6 is 0 Å². The molecule has 16 heavy (non-hydrogen) atoms. The molecule has 0 spiro atoms. The Kier molecular flexibility index (Phi) is 2.23. The smallest absolute Gasteiger partial charge is 0.339 e. The number of ether oxygens (including phenoxy) is 1. The van der Waals surface area contributed by atoms with Gasteiger partial charge in [0.25, 0.3) is 5.69 Å². The minimum absolute atomic E-state index is 0.0539. The van der Waals surface area contributed by atoms with Crippen LogP contribution in [-0.4, -0.2) is 17.0 Å². The van der Waals surface area contributed by atoms with Crippen LogP contribution in [0.4, 0.5) is 5.69 Å². The van der Waals surface area contributed by atoms with Crippen molar-refractivity contribution < 1.29 is 14.5 Å². The first-order chi connectivity index (χ1) is 7.50. The van der Waals surface area contributed by atoms with E-state index >= 15 is 0 Å². The van der Waals surface area contributed by atoms with E-state index in [4.69, 9.17) is 4.74 Å². The highest BCUT2D eigenvalue weighted by molar-refractivity contribution is 5.99. The molecule has 0 amide bonds. The van der Waals surface area contributed by atoms with Gasteiger partial charge >= 0.3 is 5.97 Å². The number of carbonyl (C=O) groups is 1. The zero-order valence-electron chi connectivity index (χ0n) is 8.60. The third kappa shape index (κ3) is 1.46. The maximum Gasteiger partial charge on any atom is 0.339 e. The molecule has 1 heterocycles. The number of hydrogen-bond donors (Lipinski definition) is 0. The summed E-state index contributed by atoms with van der Waals surface area (Å²) in [4.78, 5) is 21.6. The van der Waals surface area contributed by atoms with Gasteiger partial charge in [-0.15, -0.1) is 0 Å². The number of fused-ring (bicyclic) bond motifs is 1. The second-order valence-corrected chi connectivity index (χ2v) is 3.56. The molecule has 0 fully saturated rings. The predicted octanol–water partition coefficient (Wildman–Crippen LogP) is 2.17. The van der Waals surface area contributed by atoms with Crippen molar-refractivity contribution in [2.45, 2.75) is 13.0 Å². The van der Waals surface area contributed by atoms with Crippen molar-refractivity contribution in [1.82, 2.24) is 0 Å². The van der Waals surface area contributed by atoms with E-state index in [1.807, 2.05) is 0 Å². The summed E-state index contributed by atoms with van der Waals surface area (Å²) in [5.41, 5.74) is 1.35. The van der Waals surface area contributed by atoms with E-state index in [9.17, 15) is 14.9 Å². The number of non-ortho nitro benzene ring substituents is 1. The second-order valence-electron chi connectivity index (χ2n) is 3.56. The maximum atomic E-state index is 11.5. The van der Waals surface area contributed by atoms with Crippen LogP contribution in [-0.2, 0) is 4.74 Å². The van der Waals surface area contributed by atoms with Crippen LogP contribution in [0.25, 0.3) is 5.57 Å². The number of benzene rings is 1. The Morgan fingerprint density at radius 1 is 1.44 bits per heavy atom. The van der Waals surface area contributed by atoms with Crippen LogP contribution in [0.5, 0.6) is 0 Å². The molecule has 0 radical (unpaired) electrons. The lowest BCUT2D eigenvalue weighted by atomic mass is 9.94. The van der Waals surface area contributed by atoms with Gasteiger partial charge < -0.3 is 4.74 Å². The molecule has 0 saturated carbocycles. The van der Waals surface area contributed by atoms with Gasteiger partial charge in [-0.25, -0.2) is 4.79 Å².